The monoisotopic (exact) mass is 231 g/mol. The van der Waals surface area contributed by atoms with Crippen molar-refractivity contribution in [2.75, 3.05) is 0 Å². The van der Waals surface area contributed by atoms with E-state index in [1.54, 1.807) is 11.3 Å². The number of thiophene rings is 1. The van der Waals surface area contributed by atoms with Gasteiger partial charge in [0.1, 0.15) is 0 Å². The van der Waals surface area contributed by atoms with E-state index >= 15 is 0 Å². The zero-order valence-electron chi connectivity index (χ0n) is 6.09. The molecular weight excluding hydrogens is 222 g/mol. The Morgan fingerprint density at radius 2 is 2.36 bits per heavy atom. The Kier molecular flexibility index (Phi) is 2.04. The highest BCUT2D eigenvalue weighted by Gasteiger charge is 2.29. The van der Waals surface area contributed by atoms with E-state index in [1.165, 1.54) is 22.2 Å². The van der Waals surface area contributed by atoms with E-state index in [2.05, 4.69) is 27.4 Å². The van der Waals surface area contributed by atoms with E-state index < -0.39 is 0 Å². The fourth-order valence-corrected chi connectivity index (χ4v) is 2.45. The van der Waals surface area contributed by atoms with Crippen LogP contribution in [-0.4, -0.2) is 0 Å². The number of halogens is 1. The largest absolute Gasteiger partial charge is 0.324 e. The summed E-state index contributed by atoms with van der Waals surface area (Å²) in [6.45, 7) is 0. The zero-order valence-corrected chi connectivity index (χ0v) is 8.49. The molecule has 0 radical (unpaired) electrons. The van der Waals surface area contributed by atoms with Crippen molar-refractivity contribution < 1.29 is 0 Å². The molecule has 1 nitrogen and oxygen atoms in total. The quantitative estimate of drug-likeness (QED) is 0.833. The second-order valence-corrected chi connectivity index (χ2v) is 5.34. The van der Waals surface area contributed by atoms with Crippen molar-refractivity contribution in [1.29, 1.82) is 0 Å². The van der Waals surface area contributed by atoms with Crippen LogP contribution in [0.2, 0.25) is 0 Å². The third kappa shape index (κ3) is 1.66. The lowest BCUT2D eigenvalue weighted by atomic mass is 10.1. The Labute approximate surface area is 78.7 Å². The van der Waals surface area contributed by atoms with Gasteiger partial charge in [-0.2, -0.15) is 0 Å². The second kappa shape index (κ2) is 2.88. The summed E-state index contributed by atoms with van der Waals surface area (Å²) in [6.07, 6.45) is 2.63. The van der Waals surface area contributed by atoms with E-state index in [9.17, 15) is 0 Å². The summed E-state index contributed by atoms with van der Waals surface area (Å²) in [4.78, 5) is 0. The molecule has 1 aliphatic rings. The van der Waals surface area contributed by atoms with Gasteiger partial charge in [0, 0.05) is 6.04 Å². The van der Waals surface area contributed by atoms with E-state index in [4.69, 9.17) is 5.73 Å². The fraction of sp³-hybridized carbons (Fsp3) is 0.500. The molecule has 1 aliphatic carbocycles. The van der Waals surface area contributed by atoms with Gasteiger partial charge in [-0.05, 0) is 51.7 Å². The van der Waals surface area contributed by atoms with Crippen molar-refractivity contribution in [3.05, 3.63) is 20.8 Å². The molecule has 0 bridgehead atoms. The molecule has 60 valence electrons. The van der Waals surface area contributed by atoms with E-state index in [1.807, 2.05) is 0 Å². The maximum Gasteiger partial charge on any atom is 0.0701 e. The predicted molar refractivity (Wildman–Crippen MR) is 51.7 cm³/mol. The van der Waals surface area contributed by atoms with Gasteiger partial charge in [-0.25, -0.2) is 0 Å². The maximum atomic E-state index is 6.00. The molecule has 2 rings (SSSR count). The van der Waals surface area contributed by atoms with Crippen LogP contribution in [0.3, 0.4) is 0 Å². The van der Waals surface area contributed by atoms with Gasteiger partial charge in [-0.3, -0.25) is 0 Å². The summed E-state index contributed by atoms with van der Waals surface area (Å²) in [6, 6.07) is 2.42. The first-order valence-electron chi connectivity index (χ1n) is 3.77. The molecule has 0 aromatic carbocycles. The standard InChI is InChI=1S/C8H10BrNS/c9-7-3-6(4-11-7)8(10)5-1-2-5/h3-5,8H,1-2,10H2. The molecule has 0 spiro atoms. The lowest BCUT2D eigenvalue weighted by Gasteiger charge is -2.05. The Morgan fingerprint density at radius 1 is 1.64 bits per heavy atom. The molecule has 1 aromatic heterocycles. The molecule has 11 heavy (non-hydrogen) atoms. The highest BCUT2D eigenvalue weighted by Crippen LogP contribution is 2.40. The van der Waals surface area contributed by atoms with Gasteiger partial charge >= 0.3 is 0 Å². The van der Waals surface area contributed by atoms with Gasteiger partial charge < -0.3 is 5.73 Å². The summed E-state index contributed by atoms with van der Waals surface area (Å²) in [7, 11) is 0. The second-order valence-electron chi connectivity index (χ2n) is 3.05. The SMILES string of the molecule is NC(c1csc(Br)c1)C1CC1. The molecule has 1 aromatic rings. The van der Waals surface area contributed by atoms with Gasteiger partial charge in [0.15, 0.2) is 0 Å². The molecule has 1 unspecified atom stereocenters. The fourth-order valence-electron chi connectivity index (χ4n) is 1.23. The smallest absolute Gasteiger partial charge is 0.0701 e. The number of hydrogen-bond donors (Lipinski definition) is 1. The topological polar surface area (TPSA) is 26.0 Å². The lowest BCUT2D eigenvalue weighted by molar-refractivity contribution is 0.635. The minimum atomic E-state index is 0.289. The van der Waals surface area contributed by atoms with Crippen molar-refractivity contribution in [2.45, 2.75) is 18.9 Å². The number of nitrogens with two attached hydrogens (primary N) is 1. The predicted octanol–water partition coefficient (Wildman–Crippen LogP) is 2.92. The molecule has 2 N–H and O–H groups in total. The highest BCUT2D eigenvalue weighted by atomic mass is 79.9. The Bertz CT molecular complexity index is 254. The molecule has 0 saturated heterocycles. The van der Waals surface area contributed by atoms with E-state index in [-0.39, 0.29) is 6.04 Å². The minimum Gasteiger partial charge on any atom is -0.324 e. The van der Waals surface area contributed by atoms with Crippen LogP contribution in [0.15, 0.2) is 15.2 Å². The zero-order chi connectivity index (χ0) is 7.84. The highest BCUT2D eigenvalue weighted by molar-refractivity contribution is 9.11. The molecule has 0 amide bonds. The average Bonchev–Trinajstić information content (AvgIpc) is 2.74. The summed E-state index contributed by atoms with van der Waals surface area (Å²) >= 11 is 5.15. The van der Waals surface area contributed by atoms with Crippen molar-refractivity contribution in [1.82, 2.24) is 0 Å². The molecule has 3 heteroatoms. The van der Waals surface area contributed by atoms with Gasteiger partial charge in [-0.1, -0.05) is 0 Å². The van der Waals surface area contributed by atoms with Crippen LogP contribution >= 0.6 is 27.3 Å². The Hall–Kier alpha value is 0.140. The van der Waals surface area contributed by atoms with E-state index in [0.717, 1.165) is 5.92 Å². The van der Waals surface area contributed by atoms with Gasteiger partial charge in [0.2, 0.25) is 0 Å². The normalized spacial score (nSPS) is 20.2. The Morgan fingerprint density at radius 3 is 2.82 bits per heavy atom. The van der Waals surface area contributed by atoms with Crippen LogP contribution in [0.5, 0.6) is 0 Å². The molecular formula is C8H10BrNS. The minimum absolute atomic E-state index is 0.289. The van der Waals surface area contributed by atoms with Crippen LogP contribution in [0.1, 0.15) is 24.4 Å². The van der Waals surface area contributed by atoms with Crippen LogP contribution in [0, 0.1) is 5.92 Å². The van der Waals surface area contributed by atoms with Gasteiger partial charge in [0.25, 0.3) is 0 Å². The van der Waals surface area contributed by atoms with E-state index in [0.29, 0.717) is 0 Å². The Balaban J connectivity index is 2.14. The maximum absolute atomic E-state index is 6.00. The molecule has 0 aliphatic heterocycles. The molecule has 1 heterocycles. The van der Waals surface area contributed by atoms with Crippen LogP contribution in [0.4, 0.5) is 0 Å². The first-order chi connectivity index (χ1) is 5.27. The third-order valence-electron chi connectivity index (χ3n) is 2.10. The van der Waals surface area contributed by atoms with Gasteiger partial charge in [-0.15, -0.1) is 11.3 Å². The van der Waals surface area contributed by atoms with Crippen LogP contribution in [-0.2, 0) is 0 Å². The summed E-state index contributed by atoms with van der Waals surface area (Å²) in [5.74, 6) is 0.761. The first kappa shape index (κ1) is 7.77. The third-order valence-corrected chi connectivity index (χ3v) is 3.63. The lowest BCUT2D eigenvalue weighted by Crippen LogP contribution is -2.10. The van der Waals surface area contributed by atoms with Gasteiger partial charge in [0.05, 0.1) is 3.79 Å². The number of rotatable bonds is 2. The molecule has 1 fully saturated rings. The van der Waals surface area contributed by atoms with Crippen molar-refractivity contribution in [2.24, 2.45) is 11.7 Å². The van der Waals surface area contributed by atoms with Crippen molar-refractivity contribution >= 4 is 27.3 Å². The summed E-state index contributed by atoms with van der Waals surface area (Å²) in [5.41, 5.74) is 7.30. The van der Waals surface area contributed by atoms with Crippen molar-refractivity contribution in [3.63, 3.8) is 0 Å². The first-order valence-corrected chi connectivity index (χ1v) is 5.44. The number of hydrogen-bond acceptors (Lipinski definition) is 2. The van der Waals surface area contributed by atoms with Crippen molar-refractivity contribution in [3.8, 4) is 0 Å². The van der Waals surface area contributed by atoms with Crippen LogP contribution < -0.4 is 5.73 Å². The van der Waals surface area contributed by atoms with Crippen LogP contribution in [0.25, 0.3) is 0 Å². The molecule has 1 atom stereocenters. The molecule has 1 saturated carbocycles. The summed E-state index contributed by atoms with van der Waals surface area (Å²) < 4.78 is 1.18. The summed E-state index contributed by atoms with van der Waals surface area (Å²) in [5, 5.41) is 2.15. The average molecular weight is 232 g/mol.